The molecule has 0 aromatic heterocycles. The minimum Gasteiger partial charge on any atom is -0.492 e. The fraction of sp³-hybridized carbons (Fsp3) is 0.529. The quantitative estimate of drug-likeness (QED) is 0.569. The lowest BCUT2D eigenvalue weighted by Gasteiger charge is -2.08. The minimum absolute atomic E-state index is 0.119. The second-order valence-electron chi connectivity index (χ2n) is 4.57. The van der Waals surface area contributed by atoms with Gasteiger partial charge in [0.05, 0.1) is 12.2 Å². The summed E-state index contributed by atoms with van der Waals surface area (Å²) in [6, 6.07) is 7.72. The number of ether oxygens (including phenoxy) is 1. The third-order valence-electron chi connectivity index (χ3n) is 2.94. The van der Waals surface area contributed by atoms with Crippen LogP contribution in [0.4, 0.5) is 0 Å². The van der Waals surface area contributed by atoms with Crippen LogP contribution >= 0.6 is 0 Å². The van der Waals surface area contributed by atoms with E-state index in [2.05, 4.69) is 18.8 Å². The molecular formula is C17H24O2. The van der Waals surface area contributed by atoms with Crippen molar-refractivity contribution >= 4 is 0 Å². The molecule has 0 saturated heterocycles. The number of benzene rings is 1. The average Bonchev–Trinajstić information content (AvgIpc) is 2.45. The molecule has 0 aliphatic carbocycles. The van der Waals surface area contributed by atoms with Crippen LogP contribution in [0.5, 0.6) is 5.75 Å². The molecule has 0 bridgehead atoms. The van der Waals surface area contributed by atoms with Crippen molar-refractivity contribution in [1.82, 2.24) is 0 Å². The second-order valence-corrected chi connectivity index (χ2v) is 4.57. The van der Waals surface area contributed by atoms with Crippen molar-refractivity contribution in [2.24, 2.45) is 0 Å². The van der Waals surface area contributed by atoms with Crippen molar-refractivity contribution in [1.29, 1.82) is 0 Å². The first-order valence-electron chi connectivity index (χ1n) is 7.20. The summed E-state index contributed by atoms with van der Waals surface area (Å²) >= 11 is 0. The second kappa shape index (κ2) is 10.5. The Bertz CT molecular complexity index is 401. The molecule has 2 nitrogen and oxygen atoms in total. The predicted octanol–water partition coefficient (Wildman–Crippen LogP) is 3.77. The monoisotopic (exact) mass is 260 g/mol. The number of aliphatic hydroxyl groups excluding tert-OH is 1. The maximum Gasteiger partial charge on any atom is 0.134 e. The molecule has 1 N–H and O–H groups in total. The van der Waals surface area contributed by atoms with E-state index in [1.165, 1.54) is 32.1 Å². The van der Waals surface area contributed by atoms with Crippen LogP contribution in [-0.4, -0.2) is 18.3 Å². The van der Waals surface area contributed by atoms with Gasteiger partial charge in [-0.25, -0.2) is 0 Å². The minimum atomic E-state index is -0.119. The van der Waals surface area contributed by atoms with Gasteiger partial charge in [0.25, 0.3) is 0 Å². The zero-order valence-electron chi connectivity index (χ0n) is 11.8. The van der Waals surface area contributed by atoms with Gasteiger partial charge in [-0.15, -0.1) is 0 Å². The average molecular weight is 260 g/mol. The predicted molar refractivity (Wildman–Crippen MR) is 79.3 cm³/mol. The smallest absolute Gasteiger partial charge is 0.134 e. The molecule has 1 rings (SSSR count). The summed E-state index contributed by atoms with van der Waals surface area (Å²) in [7, 11) is 0. The molecule has 2 heteroatoms. The Morgan fingerprint density at radius 3 is 2.58 bits per heavy atom. The lowest BCUT2D eigenvalue weighted by Crippen LogP contribution is -1.99. The van der Waals surface area contributed by atoms with Crippen molar-refractivity contribution in [3.05, 3.63) is 29.8 Å². The molecule has 0 radical (unpaired) electrons. The molecule has 104 valence electrons. The normalized spacial score (nSPS) is 9.79. The first kappa shape index (κ1) is 15.6. The summed E-state index contributed by atoms with van der Waals surface area (Å²) in [5.74, 6) is 6.38. The van der Waals surface area contributed by atoms with E-state index in [-0.39, 0.29) is 6.61 Å². The molecule has 0 fully saturated rings. The lowest BCUT2D eigenvalue weighted by atomic mass is 10.1. The van der Waals surface area contributed by atoms with Gasteiger partial charge in [-0.05, 0) is 18.6 Å². The Kier molecular flexibility index (Phi) is 8.59. The van der Waals surface area contributed by atoms with Gasteiger partial charge in [-0.3, -0.25) is 0 Å². The van der Waals surface area contributed by atoms with Crippen LogP contribution in [-0.2, 0) is 0 Å². The Morgan fingerprint density at radius 1 is 1.05 bits per heavy atom. The van der Waals surface area contributed by atoms with E-state index in [4.69, 9.17) is 9.84 Å². The van der Waals surface area contributed by atoms with Crippen molar-refractivity contribution in [2.45, 2.75) is 45.4 Å². The summed E-state index contributed by atoms with van der Waals surface area (Å²) < 4.78 is 5.76. The highest BCUT2D eigenvalue weighted by molar-refractivity contribution is 5.45. The van der Waals surface area contributed by atoms with E-state index in [0.717, 1.165) is 24.3 Å². The summed E-state index contributed by atoms with van der Waals surface area (Å²) in [6.45, 7) is 2.85. The van der Waals surface area contributed by atoms with Gasteiger partial charge in [-0.1, -0.05) is 63.0 Å². The molecular weight excluding hydrogens is 236 g/mol. The number of hydrogen-bond donors (Lipinski definition) is 1. The molecule has 0 aliphatic rings. The molecule has 0 spiro atoms. The van der Waals surface area contributed by atoms with E-state index in [0.29, 0.717) is 0 Å². The Morgan fingerprint density at radius 2 is 1.79 bits per heavy atom. The Labute approximate surface area is 116 Å². The largest absolute Gasteiger partial charge is 0.492 e. The highest BCUT2D eigenvalue weighted by Gasteiger charge is 1.99. The van der Waals surface area contributed by atoms with Crippen molar-refractivity contribution in [3.8, 4) is 17.6 Å². The first-order chi connectivity index (χ1) is 9.38. The van der Waals surface area contributed by atoms with Crippen LogP contribution in [0.1, 0.15) is 51.0 Å². The van der Waals surface area contributed by atoms with Gasteiger partial charge in [0.2, 0.25) is 0 Å². The zero-order chi connectivity index (χ0) is 13.8. The van der Waals surface area contributed by atoms with Crippen LogP contribution in [0, 0.1) is 11.8 Å². The molecule has 19 heavy (non-hydrogen) atoms. The molecule has 0 unspecified atom stereocenters. The number of aliphatic hydroxyl groups is 1. The van der Waals surface area contributed by atoms with Crippen LogP contribution in [0.3, 0.4) is 0 Å². The standard InChI is InChI=1S/C17H24O2/c1-2-3-4-5-6-9-15-19-17-13-8-7-11-16(17)12-10-14-18/h7-8,11,13,18H,2-6,9,14-15H2,1H3. The maximum absolute atomic E-state index is 8.72. The third kappa shape index (κ3) is 6.88. The van der Waals surface area contributed by atoms with Crippen LogP contribution in [0.15, 0.2) is 24.3 Å². The molecule has 0 saturated carbocycles. The molecule has 0 amide bonds. The fourth-order valence-electron chi connectivity index (χ4n) is 1.90. The van der Waals surface area contributed by atoms with Gasteiger partial charge in [0, 0.05) is 0 Å². The number of hydrogen-bond acceptors (Lipinski definition) is 2. The number of rotatable bonds is 8. The molecule has 1 aromatic carbocycles. The van der Waals surface area contributed by atoms with Crippen LogP contribution < -0.4 is 4.74 Å². The molecule has 0 atom stereocenters. The van der Waals surface area contributed by atoms with Crippen LogP contribution in [0.2, 0.25) is 0 Å². The summed E-state index contributed by atoms with van der Waals surface area (Å²) in [5, 5.41) is 8.72. The number of para-hydroxylation sites is 1. The van der Waals surface area contributed by atoms with Crippen molar-refractivity contribution in [2.75, 3.05) is 13.2 Å². The highest BCUT2D eigenvalue weighted by Crippen LogP contribution is 2.17. The SMILES string of the molecule is CCCCCCCCOc1ccccc1C#CCO. The topological polar surface area (TPSA) is 29.5 Å². The molecule has 0 aliphatic heterocycles. The Balaban J connectivity index is 2.29. The highest BCUT2D eigenvalue weighted by atomic mass is 16.5. The van der Waals surface area contributed by atoms with E-state index < -0.39 is 0 Å². The van der Waals surface area contributed by atoms with E-state index in [1.807, 2.05) is 24.3 Å². The lowest BCUT2D eigenvalue weighted by molar-refractivity contribution is 0.303. The van der Waals surface area contributed by atoms with Gasteiger partial charge < -0.3 is 9.84 Å². The molecule has 1 aromatic rings. The molecule has 0 heterocycles. The van der Waals surface area contributed by atoms with E-state index in [1.54, 1.807) is 0 Å². The first-order valence-corrected chi connectivity index (χ1v) is 7.20. The zero-order valence-corrected chi connectivity index (χ0v) is 11.8. The van der Waals surface area contributed by atoms with Gasteiger partial charge in [0.1, 0.15) is 12.4 Å². The van der Waals surface area contributed by atoms with Gasteiger partial charge in [0.15, 0.2) is 0 Å². The number of unbranched alkanes of at least 4 members (excludes halogenated alkanes) is 5. The van der Waals surface area contributed by atoms with Crippen molar-refractivity contribution < 1.29 is 9.84 Å². The maximum atomic E-state index is 8.72. The fourth-order valence-corrected chi connectivity index (χ4v) is 1.90. The van der Waals surface area contributed by atoms with E-state index >= 15 is 0 Å². The van der Waals surface area contributed by atoms with E-state index in [9.17, 15) is 0 Å². The van der Waals surface area contributed by atoms with Crippen LogP contribution in [0.25, 0.3) is 0 Å². The Hall–Kier alpha value is -1.46. The van der Waals surface area contributed by atoms with Gasteiger partial charge in [-0.2, -0.15) is 0 Å². The van der Waals surface area contributed by atoms with Gasteiger partial charge >= 0.3 is 0 Å². The third-order valence-corrected chi connectivity index (χ3v) is 2.94. The summed E-state index contributed by atoms with van der Waals surface area (Å²) in [4.78, 5) is 0. The summed E-state index contributed by atoms with van der Waals surface area (Å²) in [6.07, 6.45) is 7.56. The van der Waals surface area contributed by atoms with Crippen molar-refractivity contribution in [3.63, 3.8) is 0 Å². The summed E-state index contributed by atoms with van der Waals surface area (Å²) in [5.41, 5.74) is 0.850.